The number of aryl methyl sites for hydroxylation is 1. The maximum Gasteiger partial charge on any atom is 0.339 e. The standard InChI is InChI=1S/C19H19NO5S/c1-11-4-9-16(18-15(21)10-12(2)17(11)18)25-26(23,24)14-7-5-13(6-8-14)19(22)20-3/h4-9,12H,10H2,1-3H3,(H,20,22)/t12-/m0/s1. The molecule has 2 aromatic rings. The fraction of sp³-hybridized carbons (Fsp3) is 0.263. The molecule has 0 radical (unpaired) electrons. The molecule has 136 valence electrons. The Labute approximate surface area is 152 Å². The van der Waals surface area contributed by atoms with Gasteiger partial charge in [0.2, 0.25) is 0 Å². The lowest BCUT2D eigenvalue weighted by molar-refractivity contribution is 0.0960. The highest BCUT2D eigenvalue weighted by atomic mass is 32.2. The molecule has 0 heterocycles. The second-order valence-electron chi connectivity index (χ2n) is 6.34. The fourth-order valence-electron chi connectivity index (χ4n) is 3.26. The number of benzene rings is 2. The van der Waals surface area contributed by atoms with E-state index in [0.29, 0.717) is 17.5 Å². The van der Waals surface area contributed by atoms with E-state index in [9.17, 15) is 18.0 Å². The minimum Gasteiger partial charge on any atom is -0.378 e. The Morgan fingerprint density at radius 3 is 2.42 bits per heavy atom. The van der Waals surface area contributed by atoms with Crippen LogP contribution < -0.4 is 9.50 Å². The topological polar surface area (TPSA) is 89.5 Å². The van der Waals surface area contributed by atoms with Gasteiger partial charge in [-0.3, -0.25) is 9.59 Å². The van der Waals surface area contributed by atoms with Crippen LogP contribution in [0.2, 0.25) is 0 Å². The normalized spacial score (nSPS) is 16.3. The number of fused-ring (bicyclic) bond motifs is 1. The Hall–Kier alpha value is -2.67. The van der Waals surface area contributed by atoms with Crippen molar-refractivity contribution in [2.24, 2.45) is 0 Å². The maximum absolute atomic E-state index is 12.6. The van der Waals surface area contributed by atoms with Crippen LogP contribution in [0.4, 0.5) is 0 Å². The molecule has 0 bridgehead atoms. The van der Waals surface area contributed by atoms with Gasteiger partial charge in [-0.25, -0.2) is 0 Å². The third kappa shape index (κ3) is 3.10. The van der Waals surface area contributed by atoms with Crippen molar-refractivity contribution in [3.8, 4) is 5.75 Å². The van der Waals surface area contributed by atoms with Gasteiger partial charge < -0.3 is 9.50 Å². The number of amides is 1. The summed E-state index contributed by atoms with van der Waals surface area (Å²) < 4.78 is 30.5. The summed E-state index contributed by atoms with van der Waals surface area (Å²) >= 11 is 0. The Kier molecular flexibility index (Phi) is 4.58. The molecule has 26 heavy (non-hydrogen) atoms. The van der Waals surface area contributed by atoms with Crippen LogP contribution in [0.15, 0.2) is 41.3 Å². The minimum absolute atomic E-state index is 0.0376. The smallest absolute Gasteiger partial charge is 0.339 e. The van der Waals surface area contributed by atoms with Gasteiger partial charge in [-0.2, -0.15) is 8.42 Å². The van der Waals surface area contributed by atoms with Crippen LogP contribution in [-0.2, 0) is 10.1 Å². The van der Waals surface area contributed by atoms with Gasteiger partial charge in [0.1, 0.15) is 4.90 Å². The summed E-state index contributed by atoms with van der Waals surface area (Å²) in [5.41, 5.74) is 2.48. The van der Waals surface area contributed by atoms with Crippen LogP contribution in [0.25, 0.3) is 0 Å². The summed E-state index contributed by atoms with van der Waals surface area (Å²) in [5, 5.41) is 2.46. The number of carbonyl (C=O) groups is 2. The average molecular weight is 373 g/mol. The van der Waals surface area contributed by atoms with Crippen molar-refractivity contribution in [3.05, 3.63) is 58.7 Å². The van der Waals surface area contributed by atoms with E-state index in [-0.39, 0.29) is 28.3 Å². The zero-order chi connectivity index (χ0) is 19.1. The molecule has 1 N–H and O–H groups in total. The van der Waals surface area contributed by atoms with Gasteiger partial charge in [0, 0.05) is 19.0 Å². The van der Waals surface area contributed by atoms with E-state index in [1.54, 1.807) is 6.07 Å². The first-order valence-corrected chi connectivity index (χ1v) is 9.58. The first-order valence-electron chi connectivity index (χ1n) is 8.18. The molecule has 0 saturated heterocycles. The highest BCUT2D eigenvalue weighted by Crippen LogP contribution is 2.40. The van der Waals surface area contributed by atoms with E-state index in [2.05, 4.69) is 5.32 Å². The SMILES string of the molecule is CNC(=O)c1ccc(S(=O)(=O)Oc2ccc(C)c3c2C(=O)C[C@@H]3C)cc1. The van der Waals surface area contributed by atoms with Crippen molar-refractivity contribution < 1.29 is 22.2 Å². The number of rotatable bonds is 4. The molecule has 0 spiro atoms. The van der Waals surface area contributed by atoms with E-state index in [4.69, 9.17) is 4.18 Å². The monoisotopic (exact) mass is 373 g/mol. The predicted molar refractivity (Wildman–Crippen MR) is 96.2 cm³/mol. The van der Waals surface area contributed by atoms with E-state index in [1.165, 1.54) is 37.4 Å². The molecule has 7 heteroatoms. The van der Waals surface area contributed by atoms with Gasteiger partial charge in [-0.05, 0) is 54.3 Å². The quantitative estimate of drug-likeness (QED) is 0.833. The van der Waals surface area contributed by atoms with Gasteiger partial charge >= 0.3 is 10.1 Å². The van der Waals surface area contributed by atoms with Crippen LogP contribution in [0.1, 0.15) is 51.1 Å². The molecule has 1 amide bonds. The summed E-state index contributed by atoms with van der Waals surface area (Å²) in [6, 6.07) is 8.69. The van der Waals surface area contributed by atoms with Crippen LogP contribution in [0.5, 0.6) is 5.75 Å². The van der Waals surface area contributed by atoms with Crippen LogP contribution in [0, 0.1) is 6.92 Å². The summed E-state index contributed by atoms with van der Waals surface area (Å²) in [4.78, 5) is 23.8. The highest BCUT2D eigenvalue weighted by molar-refractivity contribution is 7.87. The van der Waals surface area contributed by atoms with Gasteiger partial charge in [0.05, 0.1) is 5.56 Å². The summed E-state index contributed by atoms with van der Waals surface area (Å²) in [6.45, 7) is 3.83. The second-order valence-corrected chi connectivity index (χ2v) is 7.88. The lowest BCUT2D eigenvalue weighted by Gasteiger charge is -2.13. The van der Waals surface area contributed by atoms with E-state index in [0.717, 1.165) is 11.1 Å². The first-order chi connectivity index (χ1) is 12.2. The molecule has 1 aliphatic rings. The number of hydrogen-bond acceptors (Lipinski definition) is 5. The van der Waals surface area contributed by atoms with Crippen molar-refractivity contribution in [3.63, 3.8) is 0 Å². The molecule has 6 nitrogen and oxygen atoms in total. The Morgan fingerprint density at radius 1 is 1.15 bits per heavy atom. The Balaban J connectivity index is 1.97. The maximum atomic E-state index is 12.6. The van der Waals surface area contributed by atoms with Crippen molar-refractivity contribution in [1.29, 1.82) is 0 Å². The van der Waals surface area contributed by atoms with Gasteiger partial charge in [-0.15, -0.1) is 0 Å². The lowest BCUT2D eigenvalue weighted by Crippen LogP contribution is -2.18. The van der Waals surface area contributed by atoms with E-state index >= 15 is 0 Å². The molecule has 0 fully saturated rings. The molecular formula is C19H19NO5S. The summed E-state index contributed by atoms with van der Waals surface area (Å²) in [7, 11) is -2.63. The summed E-state index contributed by atoms with van der Waals surface area (Å²) in [5.74, 6) is -0.340. The number of hydrogen-bond donors (Lipinski definition) is 1. The fourth-order valence-corrected chi connectivity index (χ4v) is 4.20. The van der Waals surface area contributed by atoms with Gasteiger partial charge in [0.25, 0.3) is 5.91 Å². The van der Waals surface area contributed by atoms with Crippen molar-refractivity contribution in [1.82, 2.24) is 5.32 Å². The van der Waals surface area contributed by atoms with Crippen LogP contribution in [0.3, 0.4) is 0 Å². The van der Waals surface area contributed by atoms with Crippen LogP contribution in [-0.4, -0.2) is 27.2 Å². The van der Waals surface area contributed by atoms with Crippen molar-refractivity contribution >= 4 is 21.8 Å². The third-order valence-corrected chi connectivity index (χ3v) is 5.77. The average Bonchev–Trinajstić information content (AvgIpc) is 2.92. The number of carbonyl (C=O) groups excluding carboxylic acids is 2. The van der Waals surface area contributed by atoms with Gasteiger partial charge in [0.15, 0.2) is 11.5 Å². The third-order valence-electron chi connectivity index (χ3n) is 4.52. The summed E-state index contributed by atoms with van der Waals surface area (Å²) in [6.07, 6.45) is 0.345. The molecule has 1 atom stereocenters. The zero-order valence-corrected chi connectivity index (χ0v) is 15.5. The first kappa shape index (κ1) is 18.1. The molecule has 0 saturated carbocycles. The largest absolute Gasteiger partial charge is 0.378 e. The number of ketones is 1. The van der Waals surface area contributed by atoms with Crippen LogP contribution >= 0.6 is 0 Å². The van der Waals surface area contributed by atoms with E-state index < -0.39 is 10.1 Å². The molecular weight excluding hydrogens is 354 g/mol. The molecule has 2 aromatic carbocycles. The molecule has 3 rings (SSSR count). The minimum atomic E-state index is -4.12. The van der Waals surface area contributed by atoms with Gasteiger partial charge in [-0.1, -0.05) is 13.0 Å². The second kappa shape index (κ2) is 6.57. The zero-order valence-electron chi connectivity index (χ0n) is 14.7. The highest BCUT2D eigenvalue weighted by Gasteiger charge is 2.32. The lowest BCUT2D eigenvalue weighted by atomic mass is 9.98. The number of nitrogens with one attached hydrogen (secondary N) is 1. The molecule has 0 unspecified atom stereocenters. The Morgan fingerprint density at radius 2 is 1.81 bits per heavy atom. The van der Waals surface area contributed by atoms with Crippen molar-refractivity contribution in [2.45, 2.75) is 31.1 Å². The van der Waals surface area contributed by atoms with E-state index in [1.807, 2.05) is 13.8 Å². The predicted octanol–water partition coefficient (Wildman–Crippen LogP) is 2.81. The Bertz CT molecular complexity index is 993. The molecule has 1 aliphatic carbocycles. The molecule has 0 aliphatic heterocycles. The van der Waals surface area contributed by atoms with Crippen molar-refractivity contribution in [2.75, 3.05) is 7.05 Å². The number of Topliss-reactive ketones (excluding diaryl/α,β-unsaturated/α-hetero) is 1. The molecule has 0 aromatic heterocycles.